The molecule has 2 rings (SSSR count). The number of nitrogens with one attached hydrogen (secondary N) is 1. The van der Waals surface area contributed by atoms with Crippen LogP contribution in [0, 0.1) is 0 Å². The average molecular weight is 339 g/mol. The van der Waals surface area contributed by atoms with Crippen LogP contribution >= 0.6 is 15.9 Å². The fourth-order valence-corrected chi connectivity index (χ4v) is 2.18. The second kappa shape index (κ2) is 6.47. The molecule has 6 heteroatoms. The van der Waals surface area contributed by atoms with Gasteiger partial charge in [-0.05, 0) is 39.7 Å². The number of aromatic nitrogens is 1. The Kier molecular flexibility index (Phi) is 4.68. The average Bonchev–Trinajstić information content (AvgIpc) is 2.48. The van der Waals surface area contributed by atoms with Gasteiger partial charge in [0.25, 0.3) is 0 Å². The number of hydrogen-bond donors (Lipinski definition) is 2. The van der Waals surface area contributed by atoms with Gasteiger partial charge in [-0.25, -0.2) is 4.98 Å². The molecule has 0 bridgehead atoms. The first kappa shape index (κ1) is 14.5. The number of aromatic hydroxyl groups is 1. The van der Waals surface area contributed by atoms with E-state index >= 15 is 0 Å². The molecular weight excluding hydrogens is 324 g/mol. The van der Waals surface area contributed by atoms with Crippen LogP contribution in [0.15, 0.2) is 34.9 Å². The zero-order valence-corrected chi connectivity index (χ0v) is 12.8. The van der Waals surface area contributed by atoms with E-state index in [0.717, 1.165) is 11.3 Å². The van der Waals surface area contributed by atoms with Crippen molar-refractivity contribution in [2.45, 2.75) is 6.54 Å². The second-order valence-electron chi connectivity index (χ2n) is 4.07. The number of pyridine rings is 1. The lowest BCUT2D eigenvalue weighted by molar-refractivity contribution is 0.371. The highest BCUT2D eigenvalue weighted by molar-refractivity contribution is 9.10. The van der Waals surface area contributed by atoms with Gasteiger partial charge in [0, 0.05) is 12.6 Å². The van der Waals surface area contributed by atoms with Crippen molar-refractivity contribution in [1.82, 2.24) is 4.98 Å². The van der Waals surface area contributed by atoms with Crippen molar-refractivity contribution in [2.75, 3.05) is 19.5 Å². The minimum absolute atomic E-state index is 0.0994. The summed E-state index contributed by atoms with van der Waals surface area (Å²) in [6, 6.07) is 7.29. The maximum absolute atomic E-state index is 9.75. The number of phenolic OH excluding ortho intramolecular Hbond substituents is 1. The molecule has 1 aromatic heterocycles. The number of anilines is 1. The van der Waals surface area contributed by atoms with Crippen LogP contribution in [-0.2, 0) is 6.54 Å². The van der Waals surface area contributed by atoms with Crippen molar-refractivity contribution in [3.63, 3.8) is 0 Å². The summed E-state index contributed by atoms with van der Waals surface area (Å²) in [5.74, 6) is 1.11. The van der Waals surface area contributed by atoms with Crippen molar-refractivity contribution in [3.05, 3.63) is 40.5 Å². The molecule has 1 aromatic carbocycles. The molecule has 2 aromatic rings. The third kappa shape index (κ3) is 3.33. The molecule has 0 radical (unpaired) electrons. The lowest BCUT2D eigenvalue weighted by Gasteiger charge is -2.10. The van der Waals surface area contributed by atoms with E-state index in [0.29, 0.717) is 22.6 Å². The van der Waals surface area contributed by atoms with Crippen LogP contribution in [0.1, 0.15) is 5.56 Å². The highest BCUT2D eigenvalue weighted by Gasteiger charge is 2.08. The first-order valence-corrected chi connectivity index (χ1v) is 6.72. The number of benzene rings is 1. The smallest absolute Gasteiger partial charge is 0.213 e. The van der Waals surface area contributed by atoms with Crippen LogP contribution in [0.5, 0.6) is 17.4 Å². The number of halogens is 1. The van der Waals surface area contributed by atoms with Gasteiger partial charge in [0.2, 0.25) is 5.88 Å². The Morgan fingerprint density at radius 3 is 2.65 bits per heavy atom. The Labute approximate surface area is 125 Å². The Balaban J connectivity index is 2.08. The van der Waals surface area contributed by atoms with Gasteiger partial charge in [-0.1, -0.05) is 0 Å². The summed E-state index contributed by atoms with van der Waals surface area (Å²) in [5.41, 5.74) is 1.86. The van der Waals surface area contributed by atoms with Crippen molar-refractivity contribution in [3.8, 4) is 17.4 Å². The van der Waals surface area contributed by atoms with Crippen LogP contribution < -0.4 is 14.8 Å². The SMILES string of the molecule is COc1ccc(NCc2cc(Br)c(O)c(OC)c2)cn1. The second-order valence-corrected chi connectivity index (χ2v) is 4.93. The minimum Gasteiger partial charge on any atom is -0.503 e. The van der Waals surface area contributed by atoms with Crippen molar-refractivity contribution in [1.29, 1.82) is 0 Å². The highest BCUT2D eigenvalue weighted by Crippen LogP contribution is 2.35. The van der Waals surface area contributed by atoms with Crippen LogP contribution in [-0.4, -0.2) is 24.3 Å². The van der Waals surface area contributed by atoms with Crippen LogP contribution in [0.3, 0.4) is 0 Å². The predicted octanol–water partition coefficient (Wildman–Crippen LogP) is 3.18. The molecule has 0 saturated carbocycles. The monoisotopic (exact) mass is 338 g/mol. The van der Waals surface area contributed by atoms with Gasteiger partial charge in [0.05, 0.1) is 30.6 Å². The molecule has 5 nitrogen and oxygen atoms in total. The summed E-state index contributed by atoms with van der Waals surface area (Å²) in [4.78, 5) is 4.12. The van der Waals surface area contributed by atoms with Gasteiger partial charge in [0.1, 0.15) is 0 Å². The zero-order chi connectivity index (χ0) is 14.5. The van der Waals surface area contributed by atoms with E-state index in [9.17, 15) is 5.11 Å². The van der Waals surface area contributed by atoms with E-state index in [1.54, 1.807) is 25.4 Å². The summed E-state index contributed by atoms with van der Waals surface area (Å²) in [6.45, 7) is 0.587. The van der Waals surface area contributed by atoms with Gasteiger partial charge in [-0.15, -0.1) is 0 Å². The van der Waals surface area contributed by atoms with E-state index in [1.807, 2.05) is 12.1 Å². The third-order valence-corrected chi connectivity index (χ3v) is 3.35. The van der Waals surface area contributed by atoms with E-state index < -0.39 is 0 Å². The minimum atomic E-state index is 0.0994. The lowest BCUT2D eigenvalue weighted by Crippen LogP contribution is -2.01. The zero-order valence-electron chi connectivity index (χ0n) is 11.2. The first-order valence-electron chi connectivity index (χ1n) is 5.93. The molecule has 0 aliphatic heterocycles. The summed E-state index contributed by atoms with van der Waals surface area (Å²) in [7, 11) is 3.10. The molecule has 0 atom stereocenters. The van der Waals surface area contributed by atoms with Crippen molar-refractivity contribution in [2.24, 2.45) is 0 Å². The van der Waals surface area contributed by atoms with Gasteiger partial charge in [0.15, 0.2) is 11.5 Å². The molecule has 0 aliphatic rings. The Morgan fingerprint density at radius 1 is 1.25 bits per heavy atom. The number of hydrogen-bond acceptors (Lipinski definition) is 5. The van der Waals surface area contributed by atoms with Crippen LogP contribution in [0.2, 0.25) is 0 Å². The highest BCUT2D eigenvalue weighted by atomic mass is 79.9. The molecule has 0 saturated heterocycles. The number of rotatable bonds is 5. The fraction of sp³-hybridized carbons (Fsp3) is 0.214. The molecule has 2 N–H and O–H groups in total. The number of ether oxygens (including phenoxy) is 2. The van der Waals surface area contributed by atoms with Crippen molar-refractivity contribution < 1.29 is 14.6 Å². The fourth-order valence-electron chi connectivity index (χ4n) is 1.69. The Morgan fingerprint density at radius 2 is 2.05 bits per heavy atom. The number of nitrogens with zero attached hydrogens (tertiary/aromatic N) is 1. The Bertz CT molecular complexity index is 588. The maximum atomic E-state index is 9.75. The first-order chi connectivity index (χ1) is 9.63. The van der Waals surface area contributed by atoms with Gasteiger partial charge < -0.3 is 19.9 Å². The van der Waals surface area contributed by atoms with E-state index in [2.05, 4.69) is 26.2 Å². The maximum Gasteiger partial charge on any atom is 0.213 e. The molecule has 0 unspecified atom stereocenters. The standard InChI is InChI=1S/C14H15BrN2O3/c1-19-12-6-9(5-11(15)14(12)18)7-16-10-3-4-13(20-2)17-8-10/h3-6,8,16,18H,7H2,1-2H3. The van der Waals surface area contributed by atoms with E-state index in [1.165, 1.54) is 7.11 Å². The van der Waals surface area contributed by atoms with Crippen LogP contribution in [0.25, 0.3) is 0 Å². The summed E-state index contributed by atoms with van der Waals surface area (Å²) < 4.78 is 10.7. The quantitative estimate of drug-likeness (QED) is 0.876. The molecule has 0 spiro atoms. The van der Waals surface area contributed by atoms with Crippen molar-refractivity contribution >= 4 is 21.6 Å². The van der Waals surface area contributed by atoms with Crippen LogP contribution in [0.4, 0.5) is 5.69 Å². The molecular formula is C14H15BrN2O3. The topological polar surface area (TPSA) is 63.6 Å². The third-order valence-electron chi connectivity index (χ3n) is 2.75. The number of methoxy groups -OCH3 is 2. The summed E-state index contributed by atoms with van der Waals surface area (Å²) in [5, 5.41) is 13.0. The van der Waals surface area contributed by atoms with Gasteiger partial charge >= 0.3 is 0 Å². The molecule has 106 valence electrons. The summed E-state index contributed by atoms with van der Waals surface area (Å²) >= 11 is 3.30. The molecule has 0 fully saturated rings. The van der Waals surface area contributed by atoms with E-state index in [-0.39, 0.29) is 5.75 Å². The largest absolute Gasteiger partial charge is 0.503 e. The predicted molar refractivity (Wildman–Crippen MR) is 80.5 cm³/mol. The molecule has 20 heavy (non-hydrogen) atoms. The molecule has 0 amide bonds. The van der Waals surface area contributed by atoms with E-state index in [4.69, 9.17) is 9.47 Å². The number of phenols is 1. The normalized spacial score (nSPS) is 10.2. The van der Waals surface area contributed by atoms with Gasteiger partial charge in [-0.2, -0.15) is 0 Å². The molecule has 1 heterocycles. The lowest BCUT2D eigenvalue weighted by atomic mass is 10.2. The Hall–Kier alpha value is -1.95. The summed E-state index contributed by atoms with van der Waals surface area (Å²) in [6.07, 6.45) is 1.70. The molecule has 0 aliphatic carbocycles. The van der Waals surface area contributed by atoms with Gasteiger partial charge in [-0.3, -0.25) is 0 Å².